The highest BCUT2D eigenvalue weighted by atomic mass is 16.1. The van der Waals surface area contributed by atoms with Crippen LogP contribution in [0.1, 0.15) is 5.56 Å². The molecule has 1 aromatic heterocycles. The van der Waals surface area contributed by atoms with Crippen LogP contribution in [0.15, 0.2) is 12.4 Å². The number of nitrogens with zero attached hydrogens (tertiary/aromatic N) is 3. The van der Waals surface area contributed by atoms with Crippen LogP contribution in [-0.2, 0) is 17.8 Å². The molecule has 0 aliphatic heterocycles. The molecule has 1 rings (SSSR count). The van der Waals surface area contributed by atoms with Gasteiger partial charge in [-0.1, -0.05) is 0 Å². The molecular formula is C7H8N4O. The number of carbonyl (C=O) groups excluding carboxylic acids is 1. The van der Waals surface area contributed by atoms with E-state index >= 15 is 0 Å². The number of rotatable bonds is 3. The van der Waals surface area contributed by atoms with Crippen molar-refractivity contribution in [3.63, 3.8) is 0 Å². The average molecular weight is 164 g/mol. The van der Waals surface area contributed by atoms with Crippen LogP contribution < -0.4 is 5.73 Å². The summed E-state index contributed by atoms with van der Waals surface area (Å²) < 4.78 is 1.41. The Morgan fingerprint density at radius 2 is 2.58 bits per heavy atom. The third-order valence-corrected chi connectivity index (χ3v) is 1.29. The zero-order valence-electron chi connectivity index (χ0n) is 6.40. The Morgan fingerprint density at radius 1 is 1.83 bits per heavy atom. The molecule has 62 valence electrons. The molecule has 1 heterocycles. The normalized spacial score (nSPS) is 9.25. The summed E-state index contributed by atoms with van der Waals surface area (Å²) in [7, 11) is 0. The highest BCUT2D eigenvalue weighted by Gasteiger charge is 1.99. The van der Waals surface area contributed by atoms with E-state index in [1.54, 1.807) is 12.4 Å². The minimum atomic E-state index is -0.443. The van der Waals surface area contributed by atoms with Crippen molar-refractivity contribution >= 4 is 5.91 Å². The van der Waals surface area contributed by atoms with Crippen LogP contribution in [0.2, 0.25) is 0 Å². The van der Waals surface area contributed by atoms with E-state index in [1.807, 2.05) is 6.07 Å². The molecule has 0 bridgehead atoms. The second-order valence-electron chi connectivity index (χ2n) is 2.35. The number of nitriles is 1. The van der Waals surface area contributed by atoms with Gasteiger partial charge in [0.25, 0.3) is 0 Å². The number of hydrogen-bond acceptors (Lipinski definition) is 3. The lowest BCUT2D eigenvalue weighted by atomic mass is 10.3. The quantitative estimate of drug-likeness (QED) is 0.649. The van der Waals surface area contributed by atoms with E-state index in [2.05, 4.69) is 5.10 Å². The molecule has 1 amide bonds. The summed E-state index contributed by atoms with van der Waals surface area (Å²) in [4.78, 5) is 10.4. The van der Waals surface area contributed by atoms with E-state index in [9.17, 15) is 4.79 Å². The number of primary amides is 1. The van der Waals surface area contributed by atoms with Gasteiger partial charge in [-0.3, -0.25) is 9.48 Å². The Hall–Kier alpha value is -1.83. The van der Waals surface area contributed by atoms with Gasteiger partial charge in [0.15, 0.2) is 0 Å². The molecule has 12 heavy (non-hydrogen) atoms. The van der Waals surface area contributed by atoms with E-state index in [1.165, 1.54) is 4.68 Å². The van der Waals surface area contributed by atoms with Crippen molar-refractivity contribution in [3.8, 4) is 6.07 Å². The Kier molecular flexibility index (Phi) is 2.43. The van der Waals surface area contributed by atoms with Crippen LogP contribution in [0.25, 0.3) is 0 Å². The Balaban J connectivity index is 2.65. The smallest absolute Gasteiger partial charge is 0.239 e. The average Bonchev–Trinajstić information content (AvgIpc) is 2.36. The summed E-state index contributed by atoms with van der Waals surface area (Å²) in [5.74, 6) is -0.443. The van der Waals surface area contributed by atoms with Gasteiger partial charge < -0.3 is 5.73 Å². The first-order valence-electron chi connectivity index (χ1n) is 3.39. The Morgan fingerprint density at radius 3 is 3.17 bits per heavy atom. The number of carbonyl (C=O) groups is 1. The molecule has 0 spiro atoms. The van der Waals surface area contributed by atoms with Crippen molar-refractivity contribution in [1.29, 1.82) is 5.26 Å². The van der Waals surface area contributed by atoms with Crippen LogP contribution >= 0.6 is 0 Å². The van der Waals surface area contributed by atoms with E-state index in [-0.39, 0.29) is 6.54 Å². The maximum atomic E-state index is 10.4. The number of aromatic nitrogens is 2. The van der Waals surface area contributed by atoms with E-state index < -0.39 is 5.91 Å². The molecule has 0 unspecified atom stereocenters. The van der Waals surface area contributed by atoms with Gasteiger partial charge in [0.05, 0.1) is 18.7 Å². The third kappa shape index (κ3) is 2.09. The van der Waals surface area contributed by atoms with E-state index in [0.717, 1.165) is 5.56 Å². The molecule has 0 atom stereocenters. The molecule has 0 aromatic carbocycles. The van der Waals surface area contributed by atoms with Gasteiger partial charge in [0.2, 0.25) is 5.91 Å². The third-order valence-electron chi connectivity index (χ3n) is 1.29. The van der Waals surface area contributed by atoms with Crippen molar-refractivity contribution in [2.24, 2.45) is 5.73 Å². The first-order valence-corrected chi connectivity index (χ1v) is 3.39. The fourth-order valence-electron chi connectivity index (χ4n) is 0.835. The van der Waals surface area contributed by atoms with Gasteiger partial charge in [-0.25, -0.2) is 0 Å². The monoisotopic (exact) mass is 164 g/mol. The lowest BCUT2D eigenvalue weighted by Crippen LogP contribution is -2.18. The van der Waals surface area contributed by atoms with Crippen molar-refractivity contribution in [1.82, 2.24) is 9.78 Å². The van der Waals surface area contributed by atoms with Gasteiger partial charge >= 0.3 is 0 Å². The predicted octanol–water partition coefficient (Wildman–Crippen LogP) is -0.566. The zero-order chi connectivity index (χ0) is 8.97. The molecule has 0 saturated heterocycles. The number of amides is 1. The van der Waals surface area contributed by atoms with Gasteiger partial charge in [-0.2, -0.15) is 10.4 Å². The van der Waals surface area contributed by atoms with Crippen LogP contribution in [0.3, 0.4) is 0 Å². The maximum absolute atomic E-state index is 10.4. The molecule has 5 nitrogen and oxygen atoms in total. The standard InChI is InChI=1S/C7H8N4O/c8-2-1-6-3-10-11(4-6)5-7(9)12/h3-4H,1,5H2,(H2,9,12). The van der Waals surface area contributed by atoms with Crippen molar-refractivity contribution < 1.29 is 4.79 Å². The molecule has 0 fully saturated rings. The van der Waals surface area contributed by atoms with Gasteiger partial charge in [0.1, 0.15) is 6.54 Å². The van der Waals surface area contributed by atoms with Gasteiger partial charge in [-0.15, -0.1) is 0 Å². The van der Waals surface area contributed by atoms with Crippen molar-refractivity contribution in [2.75, 3.05) is 0 Å². The summed E-state index contributed by atoms with van der Waals surface area (Å²) in [5.41, 5.74) is 5.73. The van der Waals surface area contributed by atoms with Crippen molar-refractivity contribution in [2.45, 2.75) is 13.0 Å². The molecule has 0 aliphatic carbocycles. The first-order chi connectivity index (χ1) is 5.72. The Bertz CT molecular complexity index is 322. The maximum Gasteiger partial charge on any atom is 0.239 e. The lowest BCUT2D eigenvalue weighted by Gasteiger charge is -1.93. The predicted molar refractivity (Wildman–Crippen MR) is 40.7 cm³/mol. The lowest BCUT2D eigenvalue weighted by molar-refractivity contribution is -0.118. The number of hydrogen-bond donors (Lipinski definition) is 1. The SMILES string of the molecule is N#CCc1cnn(CC(N)=O)c1. The van der Waals surface area contributed by atoms with Gasteiger partial charge in [0, 0.05) is 11.8 Å². The fourth-order valence-corrected chi connectivity index (χ4v) is 0.835. The Labute approximate surface area is 69.4 Å². The summed E-state index contributed by atoms with van der Waals surface area (Å²) in [6.07, 6.45) is 3.49. The van der Waals surface area contributed by atoms with Crippen molar-refractivity contribution in [3.05, 3.63) is 18.0 Å². The van der Waals surface area contributed by atoms with Crippen LogP contribution in [0.5, 0.6) is 0 Å². The molecule has 1 aromatic rings. The molecule has 2 N–H and O–H groups in total. The van der Waals surface area contributed by atoms with Gasteiger partial charge in [-0.05, 0) is 0 Å². The largest absolute Gasteiger partial charge is 0.368 e. The second kappa shape index (κ2) is 3.53. The van der Waals surface area contributed by atoms with E-state index in [0.29, 0.717) is 6.42 Å². The molecule has 5 heteroatoms. The van der Waals surface area contributed by atoms with Crippen LogP contribution in [0.4, 0.5) is 0 Å². The minimum Gasteiger partial charge on any atom is -0.368 e. The number of nitrogens with two attached hydrogens (primary N) is 1. The fraction of sp³-hybridized carbons (Fsp3) is 0.286. The minimum absolute atomic E-state index is 0.0609. The summed E-state index contributed by atoms with van der Waals surface area (Å²) in [6, 6.07) is 1.98. The highest BCUT2D eigenvalue weighted by molar-refractivity contribution is 5.73. The summed E-state index contributed by atoms with van der Waals surface area (Å²) >= 11 is 0. The van der Waals surface area contributed by atoms with E-state index in [4.69, 9.17) is 11.0 Å². The molecule has 0 radical (unpaired) electrons. The first kappa shape index (κ1) is 8.27. The van der Waals surface area contributed by atoms with Crippen LogP contribution in [-0.4, -0.2) is 15.7 Å². The summed E-state index contributed by atoms with van der Waals surface area (Å²) in [5, 5.41) is 12.2. The molecule has 0 saturated carbocycles. The highest BCUT2D eigenvalue weighted by Crippen LogP contribution is 1.97. The summed E-state index contributed by atoms with van der Waals surface area (Å²) in [6.45, 7) is 0.0609. The second-order valence-corrected chi connectivity index (χ2v) is 2.35. The molecule has 0 aliphatic rings. The molecular weight excluding hydrogens is 156 g/mol. The zero-order valence-corrected chi connectivity index (χ0v) is 6.40. The topological polar surface area (TPSA) is 84.7 Å². The van der Waals surface area contributed by atoms with Crippen LogP contribution in [0, 0.1) is 11.3 Å².